The van der Waals surface area contributed by atoms with Crippen molar-refractivity contribution in [1.82, 2.24) is 5.43 Å². The fraction of sp³-hybridized carbons (Fsp3) is 0.500. The van der Waals surface area contributed by atoms with Gasteiger partial charge in [0.2, 0.25) is 5.91 Å². The lowest BCUT2D eigenvalue weighted by atomic mass is 9.78. The predicted molar refractivity (Wildman–Crippen MR) is 72.0 cm³/mol. The van der Waals surface area contributed by atoms with Crippen LogP contribution in [0, 0.1) is 0 Å². The summed E-state index contributed by atoms with van der Waals surface area (Å²) in [7, 11) is 3.18. The molecule has 0 radical (unpaired) electrons. The van der Waals surface area contributed by atoms with E-state index in [0.29, 0.717) is 11.5 Å². The topological polar surface area (TPSA) is 73.6 Å². The van der Waals surface area contributed by atoms with Gasteiger partial charge in [0.25, 0.3) is 0 Å². The molecule has 1 saturated carbocycles. The molecule has 1 aliphatic carbocycles. The first-order chi connectivity index (χ1) is 9.17. The normalized spacial score (nSPS) is 17.0. The SMILES string of the molecule is COc1ccc(C2(C(=O)NN)CCCC2)cc1OC. The number of hydrazine groups is 1. The lowest BCUT2D eigenvalue weighted by molar-refractivity contribution is -0.126. The van der Waals surface area contributed by atoms with Crippen LogP contribution in [0.3, 0.4) is 0 Å². The molecule has 2 rings (SSSR count). The van der Waals surface area contributed by atoms with Crippen LogP contribution in [0.15, 0.2) is 18.2 Å². The predicted octanol–water partition coefficient (Wildman–Crippen LogP) is 1.51. The molecule has 1 fully saturated rings. The summed E-state index contributed by atoms with van der Waals surface area (Å²) in [5, 5.41) is 0. The van der Waals surface area contributed by atoms with Crippen LogP contribution in [0.4, 0.5) is 0 Å². The van der Waals surface area contributed by atoms with E-state index in [1.165, 1.54) is 0 Å². The number of hydrogen-bond donors (Lipinski definition) is 2. The standard InChI is InChI=1S/C14H20N2O3/c1-18-11-6-5-10(9-12(11)19-2)14(13(17)16-15)7-3-4-8-14/h5-6,9H,3-4,7-8,15H2,1-2H3,(H,16,17). The molecule has 1 aliphatic rings. The van der Waals surface area contributed by atoms with E-state index in [-0.39, 0.29) is 5.91 Å². The molecule has 1 amide bonds. The van der Waals surface area contributed by atoms with E-state index in [1.807, 2.05) is 18.2 Å². The van der Waals surface area contributed by atoms with Crippen molar-refractivity contribution >= 4 is 5.91 Å². The highest BCUT2D eigenvalue weighted by molar-refractivity contribution is 5.88. The highest BCUT2D eigenvalue weighted by Crippen LogP contribution is 2.43. The van der Waals surface area contributed by atoms with Crippen LogP contribution < -0.4 is 20.7 Å². The maximum atomic E-state index is 12.2. The number of nitrogens with one attached hydrogen (secondary N) is 1. The minimum Gasteiger partial charge on any atom is -0.493 e. The Balaban J connectivity index is 2.46. The van der Waals surface area contributed by atoms with Crippen LogP contribution >= 0.6 is 0 Å². The number of ether oxygens (including phenoxy) is 2. The molecule has 0 heterocycles. The van der Waals surface area contributed by atoms with E-state index in [2.05, 4.69) is 5.43 Å². The minimum absolute atomic E-state index is 0.128. The number of benzene rings is 1. The molecule has 0 unspecified atom stereocenters. The second-order valence-corrected chi connectivity index (χ2v) is 4.83. The molecule has 104 valence electrons. The number of methoxy groups -OCH3 is 2. The van der Waals surface area contributed by atoms with Gasteiger partial charge >= 0.3 is 0 Å². The maximum Gasteiger partial charge on any atom is 0.244 e. The zero-order chi connectivity index (χ0) is 13.9. The van der Waals surface area contributed by atoms with Crippen LogP contribution in [0.1, 0.15) is 31.2 Å². The Morgan fingerprint density at radius 2 is 1.84 bits per heavy atom. The van der Waals surface area contributed by atoms with Gasteiger partial charge in [-0.1, -0.05) is 18.9 Å². The van der Waals surface area contributed by atoms with Gasteiger partial charge in [-0.2, -0.15) is 0 Å². The highest BCUT2D eigenvalue weighted by Gasteiger charge is 2.42. The monoisotopic (exact) mass is 264 g/mol. The van der Waals surface area contributed by atoms with E-state index >= 15 is 0 Å². The Kier molecular flexibility index (Phi) is 3.95. The van der Waals surface area contributed by atoms with E-state index in [0.717, 1.165) is 31.2 Å². The van der Waals surface area contributed by atoms with Crippen molar-refractivity contribution in [1.29, 1.82) is 0 Å². The highest BCUT2D eigenvalue weighted by atomic mass is 16.5. The van der Waals surface area contributed by atoms with Gasteiger partial charge in [-0.15, -0.1) is 0 Å². The summed E-state index contributed by atoms with van der Waals surface area (Å²) in [5.74, 6) is 6.51. The maximum absolute atomic E-state index is 12.2. The molecule has 1 aromatic rings. The van der Waals surface area contributed by atoms with E-state index in [4.69, 9.17) is 15.3 Å². The van der Waals surface area contributed by atoms with Gasteiger partial charge in [-0.05, 0) is 30.5 Å². The van der Waals surface area contributed by atoms with Gasteiger partial charge < -0.3 is 9.47 Å². The van der Waals surface area contributed by atoms with Crippen molar-refractivity contribution in [2.45, 2.75) is 31.1 Å². The molecule has 0 spiro atoms. The van der Waals surface area contributed by atoms with Crippen LogP contribution in [0.25, 0.3) is 0 Å². The minimum atomic E-state index is -0.533. The molecule has 3 N–H and O–H groups in total. The zero-order valence-corrected chi connectivity index (χ0v) is 11.4. The summed E-state index contributed by atoms with van der Waals surface area (Å²) in [6, 6.07) is 5.62. The van der Waals surface area contributed by atoms with Crippen molar-refractivity contribution in [3.63, 3.8) is 0 Å². The molecule has 1 aromatic carbocycles. The average Bonchev–Trinajstić information content (AvgIpc) is 2.96. The van der Waals surface area contributed by atoms with Crippen LogP contribution in [0.5, 0.6) is 11.5 Å². The molecule has 19 heavy (non-hydrogen) atoms. The molecule has 0 aromatic heterocycles. The fourth-order valence-electron chi connectivity index (χ4n) is 2.90. The first-order valence-electron chi connectivity index (χ1n) is 6.41. The van der Waals surface area contributed by atoms with E-state index in [9.17, 15) is 4.79 Å². The number of rotatable bonds is 4. The number of carbonyl (C=O) groups is 1. The second-order valence-electron chi connectivity index (χ2n) is 4.83. The zero-order valence-electron chi connectivity index (χ0n) is 11.4. The number of nitrogens with two attached hydrogens (primary N) is 1. The van der Waals surface area contributed by atoms with Crippen LogP contribution in [0.2, 0.25) is 0 Å². The van der Waals surface area contributed by atoms with Crippen molar-refractivity contribution in [2.24, 2.45) is 5.84 Å². The average molecular weight is 264 g/mol. The Hall–Kier alpha value is -1.75. The van der Waals surface area contributed by atoms with Gasteiger partial charge in [0.15, 0.2) is 11.5 Å². The Labute approximate surface area is 113 Å². The summed E-state index contributed by atoms with van der Waals surface area (Å²) in [4.78, 5) is 12.2. The smallest absolute Gasteiger partial charge is 0.244 e. The van der Waals surface area contributed by atoms with Gasteiger partial charge in [0, 0.05) is 0 Å². The quantitative estimate of drug-likeness (QED) is 0.491. The third kappa shape index (κ3) is 2.26. The van der Waals surface area contributed by atoms with Crippen molar-refractivity contribution < 1.29 is 14.3 Å². The van der Waals surface area contributed by atoms with Crippen LogP contribution in [-0.2, 0) is 10.2 Å². The largest absolute Gasteiger partial charge is 0.493 e. The third-order valence-electron chi connectivity index (χ3n) is 3.96. The van der Waals surface area contributed by atoms with E-state index in [1.54, 1.807) is 14.2 Å². The molecular weight excluding hydrogens is 244 g/mol. The van der Waals surface area contributed by atoms with Gasteiger partial charge in [-0.3, -0.25) is 10.2 Å². The molecular formula is C14H20N2O3. The first-order valence-corrected chi connectivity index (χ1v) is 6.41. The van der Waals surface area contributed by atoms with Crippen molar-refractivity contribution in [3.05, 3.63) is 23.8 Å². The Bertz CT molecular complexity index is 468. The fourth-order valence-corrected chi connectivity index (χ4v) is 2.90. The Morgan fingerprint density at radius 1 is 1.21 bits per heavy atom. The molecule has 5 nitrogen and oxygen atoms in total. The molecule has 0 atom stereocenters. The summed E-state index contributed by atoms with van der Waals surface area (Å²) >= 11 is 0. The van der Waals surface area contributed by atoms with Crippen LogP contribution in [-0.4, -0.2) is 20.1 Å². The summed E-state index contributed by atoms with van der Waals surface area (Å²) in [6.45, 7) is 0. The van der Waals surface area contributed by atoms with Gasteiger partial charge in [-0.25, -0.2) is 5.84 Å². The third-order valence-corrected chi connectivity index (χ3v) is 3.96. The van der Waals surface area contributed by atoms with Crippen molar-refractivity contribution in [3.8, 4) is 11.5 Å². The summed E-state index contributed by atoms with van der Waals surface area (Å²) < 4.78 is 10.5. The van der Waals surface area contributed by atoms with Crippen molar-refractivity contribution in [2.75, 3.05) is 14.2 Å². The number of amides is 1. The van der Waals surface area contributed by atoms with E-state index < -0.39 is 5.41 Å². The Morgan fingerprint density at radius 3 is 2.37 bits per heavy atom. The summed E-state index contributed by atoms with van der Waals surface area (Å²) in [5.41, 5.74) is 2.70. The lowest BCUT2D eigenvalue weighted by Crippen LogP contribution is -2.45. The molecule has 0 bridgehead atoms. The molecule has 0 aliphatic heterocycles. The first kappa shape index (κ1) is 13.7. The summed E-state index contributed by atoms with van der Waals surface area (Å²) in [6.07, 6.45) is 3.68. The molecule has 5 heteroatoms. The lowest BCUT2D eigenvalue weighted by Gasteiger charge is -2.27. The second kappa shape index (κ2) is 5.48. The number of carbonyl (C=O) groups excluding carboxylic acids is 1. The van der Waals surface area contributed by atoms with Gasteiger partial charge in [0.05, 0.1) is 19.6 Å². The number of hydrogen-bond acceptors (Lipinski definition) is 4. The molecule has 0 saturated heterocycles. The van der Waals surface area contributed by atoms with Gasteiger partial charge in [0.1, 0.15) is 0 Å².